The number of carbonyl (C=O) groups excluding carboxylic acids is 1. The molecule has 18 heavy (non-hydrogen) atoms. The molecule has 0 aromatic heterocycles. The first-order chi connectivity index (χ1) is 8.80. The second-order valence-corrected chi connectivity index (χ2v) is 5.36. The van der Waals surface area contributed by atoms with Gasteiger partial charge in [0.15, 0.2) is 0 Å². The van der Waals surface area contributed by atoms with E-state index >= 15 is 0 Å². The summed E-state index contributed by atoms with van der Waals surface area (Å²) in [6, 6.07) is 0. The van der Waals surface area contributed by atoms with Crippen LogP contribution in [-0.2, 0) is 4.79 Å². The number of rotatable bonds is 1. The van der Waals surface area contributed by atoms with Crippen molar-refractivity contribution in [3.8, 4) is 11.8 Å². The van der Waals surface area contributed by atoms with Crippen molar-refractivity contribution in [2.75, 3.05) is 0 Å². The van der Waals surface area contributed by atoms with E-state index in [-0.39, 0.29) is 11.8 Å². The van der Waals surface area contributed by atoms with E-state index < -0.39 is 0 Å². The van der Waals surface area contributed by atoms with E-state index in [9.17, 15) is 4.79 Å². The molecule has 0 saturated heterocycles. The van der Waals surface area contributed by atoms with Crippen LogP contribution in [0, 0.1) is 17.8 Å². The van der Waals surface area contributed by atoms with Gasteiger partial charge in [0, 0.05) is 18.8 Å². The van der Waals surface area contributed by atoms with E-state index in [0.29, 0.717) is 0 Å². The fourth-order valence-corrected chi connectivity index (χ4v) is 2.53. The van der Waals surface area contributed by atoms with Crippen LogP contribution in [0.2, 0.25) is 0 Å². The van der Waals surface area contributed by atoms with Gasteiger partial charge in [0.1, 0.15) is 0 Å². The summed E-state index contributed by atoms with van der Waals surface area (Å²) in [7, 11) is 0. The van der Waals surface area contributed by atoms with Crippen LogP contribution in [0.15, 0.2) is 0 Å². The molecule has 2 N–H and O–H groups in total. The maximum absolute atomic E-state index is 11.3. The van der Waals surface area contributed by atoms with Crippen LogP contribution in [0.4, 0.5) is 0 Å². The molecule has 0 bridgehead atoms. The molecule has 0 aliphatic heterocycles. The molecule has 1 atom stereocenters. The molecule has 2 nitrogen and oxygen atoms in total. The van der Waals surface area contributed by atoms with E-state index in [4.69, 9.17) is 5.73 Å². The first kappa shape index (κ1) is 15.1. The lowest BCUT2D eigenvalue weighted by atomic mass is 9.94. The molecule has 1 rings (SSSR count). The Balaban J connectivity index is 2.35. The fraction of sp³-hybridized carbons (Fsp3) is 0.812. The average molecular weight is 249 g/mol. The first-order valence-corrected chi connectivity index (χ1v) is 7.56. The van der Waals surface area contributed by atoms with Gasteiger partial charge in [-0.3, -0.25) is 4.79 Å². The van der Waals surface area contributed by atoms with Crippen molar-refractivity contribution in [1.82, 2.24) is 0 Å². The molecule has 2 heteroatoms. The topological polar surface area (TPSA) is 43.1 Å². The Morgan fingerprint density at radius 3 is 1.94 bits per heavy atom. The quantitative estimate of drug-likeness (QED) is 0.706. The Morgan fingerprint density at radius 2 is 1.28 bits per heavy atom. The fourth-order valence-electron chi connectivity index (χ4n) is 2.53. The minimum atomic E-state index is -0.118. The number of hydrogen-bond acceptors (Lipinski definition) is 1. The molecule has 1 aliphatic carbocycles. The van der Waals surface area contributed by atoms with Crippen molar-refractivity contribution in [3.63, 3.8) is 0 Å². The van der Waals surface area contributed by atoms with Crippen molar-refractivity contribution in [3.05, 3.63) is 0 Å². The van der Waals surface area contributed by atoms with Gasteiger partial charge in [-0.15, -0.1) is 11.8 Å². The number of amides is 1. The van der Waals surface area contributed by atoms with Gasteiger partial charge in [0.2, 0.25) is 5.91 Å². The molecular weight excluding hydrogens is 222 g/mol. The van der Waals surface area contributed by atoms with Gasteiger partial charge < -0.3 is 5.73 Å². The maximum atomic E-state index is 11.3. The predicted molar refractivity (Wildman–Crippen MR) is 75.9 cm³/mol. The van der Waals surface area contributed by atoms with Crippen LogP contribution in [0.3, 0.4) is 0 Å². The molecule has 0 heterocycles. The minimum Gasteiger partial charge on any atom is -0.369 e. The van der Waals surface area contributed by atoms with Crippen LogP contribution in [0.25, 0.3) is 0 Å². The Kier molecular flexibility index (Phi) is 8.38. The predicted octanol–water partition coefficient (Wildman–Crippen LogP) is 3.79. The Labute approximate surface area is 112 Å². The van der Waals surface area contributed by atoms with Gasteiger partial charge in [0.25, 0.3) is 0 Å². The Bertz CT molecular complexity index is 287. The van der Waals surface area contributed by atoms with E-state index in [1.54, 1.807) is 0 Å². The zero-order chi connectivity index (χ0) is 13.1. The molecule has 102 valence electrons. The molecule has 0 saturated carbocycles. The highest BCUT2D eigenvalue weighted by atomic mass is 16.1. The molecule has 0 spiro atoms. The van der Waals surface area contributed by atoms with Crippen LogP contribution in [0.5, 0.6) is 0 Å². The minimum absolute atomic E-state index is 0.0805. The van der Waals surface area contributed by atoms with Crippen molar-refractivity contribution < 1.29 is 4.79 Å². The van der Waals surface area contributed by atoms with E-state index in [1.165, 1.54) is 38.5 Å². The van der Waals surface area contributed by atoms with Gasteiger partial charge in [0.05, 0.1) is 0 Å². The summed E-state index contributed by atoms with van der Waals surface area (Å²) in [6.45, 7) is 0. The summed E-state index contributed by atoms with van der Waals surface area (Å²) in [5, 5.41) is 0. The van der Waals surface area contributed by atoms with E-state index in [0.717, 1.165) is 38.5 Å². The van der Waals surface area contributed by atoms with Gasteiger partial charge in [-0.05, 0) is 25.7 Å². The van der Waals surface area contributed by atoms with Gasteiger partial charge in [-0.25, -0.2) is 0 Å². The Morgan fingerprint density at radius 1 is 0.778 bits per heavy atom. The molecular formula is C16H27NO. The molecule has 0 aromatic rings. The lowest BCUT2D eigenvalue weighted by Crippen LogP contribution is -2.23. The summed E-state index contributed by atoms with van der Waals surface area (Å²) in [5.74, 6) is 6.41. The third-order valence-electron chi connectivity index (χ3n) is 3.74. The number of nitrogens with two attached hydrogens (primary N) is 1. The zero-order valence-electron chi connectivity index (χ0n) is 11.5. The lowest BCUT2D eigenvalue weighted by molar-refractivity contribution is -0.122. The van der Waals surface area contributed by atoms with E-state index in [2.05, 4.69) is 11.8 Å². The summed E-state index contributed by atoms with van der Waals surface area (Å²) in [5.41, 5.74) is 5.45. The molecule has 0 radical (unpaired) electrons. The monoisotopic (exact) mass is 249 g/mol. The lowest BCUT2D eigenvalue weighted by Gasteiger charge is -2.12. The van der Waals surface area contributed by atoms with Crippen molar-refractivity contribution in [1.29, 1.82) is 0 Å². The standard InChI is InChI=1S/C16H27NO/c17-16(18)15-13-11-9-7-5-3-1-2-4-6-8-10-12-14-15/h15H,1-5,7,9-14H2,(H2,17,18). The first-order valence-electron chi connectivity index (χ1n) is 7.56. The molecule has 1 amide bonds. The zero-order valence-corrected chi connectivity index (χ0v) is 11.5. The highest BCUT2D eigenvalue weighted by Crippen LogP contribution is 2.18. The second kappa shape index (κ2) is 10.00. The Hall–Kier alpha value is -0.970. The van der Waals surface area contributed by atoms with E-state index in [1.807, 2.05) is 0 Å². The van der Waals surface area contributed by atoms with Crippen molar-refractivity contribution in [2.45, 2.75) is 77.0 Å². The second-order valence-electron chi connectivity index (χ2n) is 5.36. The average Bonchev–Trinajstić information content (AvgIpc) is 2.36. The van der Waals surface area contributed by atoms with Crippen LogP contribution in [-0.4, -0.2) is 5.91 Å². The van der Waals surface area contributed by atoms with Crippen LogP contribution < -0.4 is 5.73 Å². The summed E-state index contributed by atoms with van der Waals surface area (Å²) < 4.78 is 0. The maximum Gasteiger partial charge on any atom is 0.220 e. The third-order valence-corrected chi connectivity index (χ3v) is 3.74. The number of hydrogen-bond donors (Lipinski definition) is 1. The van der Waals surface area contributed by atoms with Crippen molar-refractivity contribution >= 4 is 5.91 Å². The smallest absolute Gasteiger partial charge is 0.220 e. The number of primary amides is 1. The third kappa shape index (κ3) is 7.37. The summed E-state index contributed by atoms with van der Waals surface area (Å²) in [6.07, 6.45) is 13.8. The van der Waals surface area contributed by atoms with Gasteiger partial charge in [-0.2, -0.15) is 0 Å². The number of carbonyl (C=O) groups is 1. The van der Waals surface area contributed by atoms with Gasteiger partial charge >= 0.3 is 0 Å². The normalized spacial score (nSPS) is 24.1. The van der Waals surface area contributed by atoms with Gasteiger partial charge in [-0.1, -0.05) is 38.5 Å². The molecule has 0 fully saturated rings. The van der Waals surface area contributed by atoms with Crippen molar-refractivity contribution in [2.24, 2.45) is 11.7 Å². The molecule has 0 aromatic carbocycles. The summed E-state index contributed by atoms with van der Waals surface area (Å²) >= 11 is 0. The highest BCUT2D eigenvalue weighted by molar-refractivity contribution is 5.76. The summed E-state index contributed by atoms with van der Waals surface area (Å²) in [4.78, 5) is 11.3. The largest absolute Gasteiger partial charge is 0.369 e. The van der Waals surface area contributed by atoms with Crippen LogP contribution in [0.1, 0.15) is 77.0 Å². The highest BCUT2D eigenvalue weighted by Gasteiger charge is 2.13. The molecule has 1 aliphatic rings. The molecule has 1 unspecified atom stereocenters. The SMILES string of the molecule is NC(=O)C1CCCC#CCCCCCCCCC1. The van der Waals surface area contributed by atoms with Crippen LogP contribution >= 0.6 is 0 Å².